The Kier molecular flexibility index (Phi) is 12.0. The molecule has 0 bridgehead atoms. The number of hydrogen-bond donors (Lipinski definition) is 2. The third kappa shape index (κ3) is 9.53. The fraction of sp³-hybridized carbons (Fsp3) is 1.00. The molecule has 0 aliphatic heterocycles. The van der Waals surface area contributed by atoms with Crippen LogP contribution in [0.2, 0.25) is 0 Å². The Hall–Kier alpha value is 0.310. The van der Waals surface area contributed by atoms with Crippen LogP contribution >= 0.6 is 12.6 Å². The van der Waals surface area contributed by atoms with Crippen molar-refractivity contribution in [2.24, 2.45) is 17.6 Å². The largest absolute Gasteiger partial charge is 0.330 e. The van der Waals surface area contributed by atoms with Gasteiger partial charge in [0.25, 0.3) is 0 Å². The SMILES string of the molecule is CCCCCC(CN)CCCC(C)CCS. The van der Waals surface area contributed by atoms with Crippen LogP contribution in [-0.2, 0) is 0 Å². The maximum absolute atomic E-state index is 5.82. The van der Waals surface area contributed by atoms with Gasteiger partial charge < -0.3 is 5.73 Å². The predicted octanol–water partition coefficient (Wildman–Crippen LogP) is 4.27. The van der Waals surface area contributed by atoms with Crippen molar-refractivity contribution in [3.63, 3.8) is 0 Å². The minimum absolute atomic E-state index is 0.773. The third-order valence-corrected chi connectivity index (χ3v) is 3.74. The van der Waals surface area contributed by atoms with E-state index in [0.29, 0.717) is 0 Å². The Bertz CT molecular complexity index is 139. The van der Waals surface area contributed by atoms with E-state index in [4.69, 9.17) is 5.73 Å². The molecule has 0 aromatic rings. The monoisotopic (exact) mass is 245 g/mol. The van der Waals surface area contributed by atoms with Gasteiger partial charge in [-0.05, 0) is 43.4 Å². The normalized spacial score (nSPS) is 15.0. The Morgan fingerprint density at radius 1 is 1.00 bits per heavy atom. The van der Waals surface area contributed by atoms with Gasteiger partial charge in [0, 0.05) is 0 Å². The molecule has 2 heteroatoms. The lowest BCUT2D eigenvalue weighted by atomic mass is 9.92. The molecular weight excluding hydrogens is 214 g/mol. The van der Waals surface area contributed by atoms with Gasteiger partial charge in [0.2, 0.25) is 0 Å². The van der Waals surface area contributed by atoms with Gasteiger partial charge in [-0.1, -0.05) is 46.0 Å². The highest BCUT2D eigenvalue weighted by Gasteiger charge is 2.07. The van der Waals surface area contributed by atoms with Crippen LogP contribution in [0.15, 0.2) is 0 Å². The zero-order valence-electron chi connectivity index (χ0n) is 11.3. The molecule has 0 aliphatic carbocycles. The van der Waals surface area contributed by atoms with Crippen molar-refractivity contribution in [1.29, 1.82) is 0 Å². The molecule has 0 aliphatic rings. The Morgan fingerprint density at radius 3 is 2.25 bits per heavy atom. The molecule has 1 nitrogen and oxygen atoms in total. The van der Waals surface area contributed by atoms with E-state index in [2.05, 4.69) is 26.5 Å². The van der Waals surface area contributed by atoms with Crippen molar-refractivity contribution in [3.8, 4) is 0 Å². The Labute approximate surface area is 108 Å². The van der Waals surface area contributed by atoms with Crippen LogP contribution in [0.25, 0.3) is 0 Å². The van der Waals surface area contributed by atoms with Crippen molar-refractivity contribution in [2.75, 3.05) is 12.3 Å². The first kappa shape index (κ1) is 16.3. The van der Waals surface area contributed by atoms with Gasteiger partial charge >= 0.3 is 0 Å². The summed E-state index contributed by atoms with van der Waals surface area (Å²) in [5, 5.41) is 0. The molecule has 0 aromatic heterocycles. The maximum Gasteiger partial charge on any atom is -0.00489 e. The fourth-order valence-corrected chi connectivity index (χ4v) is 2.62. The number of nitrogens with two attached hydrogens (primary N) is 1. The van der Waals surface area contributed by atoms with E-state index in [1.165, 1.54) is 51.4 Å². The lowest BCUT2D eigenvalue weighted by molar-refractivity contribution is 0.393. The quantitative estimate of drug-likeness (QED) is 0.413. The highest BCUT2D eigenvalue weighted by molar-refractivity contribution is 7.80. The Balaban J connectivity index is 3.46. The van der Waals surface area contributed by atoms with E-state index >= 15 is 0 Å². The molecule has 16 heavy (non-hydrogen) atoms. The summed E-state index contributed by atoms with van der Waals surface area (Å²) in [6, 6.07) is 0. The minimum Gasteiger partial charge on any atom is -0.330 e. The fourth-order valence-electron chi connectivity index (χ4n) is 2.18. The van der Waals surface area contributed by atoms with Crippen LogP contribution < -0.4 is 5.73 Å². The molecule has 2 atom stereocenters. The number of unbranched alkanes of at least 4 members (excludes halogenated alkanes) is 2. The topological polar surface area (TPSA) is 26.0 Å². The second-order valence-corrected chi connectivity index (χ2v) is 5.59. The molecule has 0 saturated heterocycles. The third-order valence-electron chi connectivity index (χ3n) is 3.48. The average Bonchev–Trinajstić information content (AvgIpc) is 2.27. The number of hydrogen-bond acceptors (Lipinski definition) is 2. The average molecular weight is 245 g/mol. The highest BCUT2D eigenvalue weighted by Crippen LogP contribution is 2.19. The first-order valence-corrected chi connectivity index (χ1v) is 7.68. The molecule has 0 aromatic carbocycles. The summed E-state index contributed by atoms with van der Waals surface area (Å²) < 4.78 is 0. The summed E-state index contributed by atoms with van der Waals surface area (Å²) in [6.45, 7) is 5.48. The molecule has 0 fully saturated rings. The second kappa shape index (κ2) is 11.8. The van der Waals surface area contributed by atoms with E-state index in [-0.39, 0.29) is 0 Å². The van der Waals surface area contributed by atoms with Crippen LogP contribution in [0.5, 0.6) is 0 Å². The van der Waals surface area contributed by atoms with Crippen LogP contribution in [-0.4, -0.2) is 12.3 Å². The first-order valence-electron chi connectivity index (χ1n) is 7.05. The van der Waals surface area contributed by atoms with E-state index in [0.717, 1.165) is 24.1 Å². The van der Waals surface area contributed by atoms with E-state index in [1.807, 2.05) is 0 Å². The van der Waals surface area contributed by atoms with Crippen molar-refractivity contribution >= 4 is 12.6 Å². The van der Waals surface area contributed by atoms with Gasteiger partial charge in [-0.3, -0.25) is 0 Å². The number of thiol groups is 1. The summed E-state index contributed by atoms with van der Waals surface area (Å²) in [4.78, 5) is 0. The molecule has 0 radical (unpaired) electrons. The van der Waals surface area contributed by atoms with Gasteiger partial charge in [-0.25, -0.2) is 0 Å². The Morgan fingerprint density at radius 2 is 1.69 bits per heavy atom. The molecular formula is C14H31NS. The van der Waals surface area contributed by atoms with Gasteiger partial charge in [-0.15, -0.1) is 0 Å². The molecule has 2 unspecified atom stereocenters. The summed E-state index contributed by atoms with van der Waals surface area (Å²) in [7, 11) is 0. The van der Waals surface area contributed by atoms with Crippen molar-refractivity contribution in [2.45, 2.75) is 65.2 Å². The summed E-state index contributed by atoms with van der Waals surface area (Å²) >= 11 is 4.28. The van der Waals surface area contributed by atoms with Gasteiger partial charge in [0.05, 0.1) is 0 Å². The lowest BCUT2D eigenvalue weighted by Gasteiger charge is -2.16. The van der Waals surface area contributed by atoms with Crippen LogP contribution in [0.4, 0.5) is 0 Å². The minimum atomic E-state index is 0.773. The van der Waals surface area contributed by atoms with E-state index in [9.17, 15) is 0 Å². The molecule has 0 amide bonds. The molecule has 98 valence electrons. The summed E-state index contributed by atoms with van der Waals surface area (Å²) in [5.74, 6) is 2.64. The zero-order chi connectivity index (χ0) is 12.2. The number of rotatable bonds is 11. The molecule has 0 heterocycles. The van der Waals surface area contributed by atoms with Crippen molar-refractivity contribution in [3.05, 3.63) is 0 Å². The molecule has 0 saturated carbocycles. The van der Waals surface area contributed by atoms with Crippen molar-refractivity contribution in [1.82, 2.24) is 0 Å². The maximum atomic E-state index is 5.82. The van der Waals surface area contributed by atoms with Crippen LogP contribution in [0.1, 0.15) is 65.2 Å². The summed E-state index contributed by atoms with van der Waals surface area (Å²) in [5.41, 5.74) is 5.82. The molecule has 0 spiro atoms. The second-order valence-electron chi connectivity index (χ2n) is 5.15. The van der Waals surface area contributed by atoms with Gasteiger partial charge in [0.15, 0.2) is 0 Å². The van der Waals surface area contributed by atoms with Crippen LogP contribution in [0, 0.1) is 11.8 Å². The smallest absolute Gasteiger partial charge is 0.00489 e. The lowest BCUT2D eigenvalue weighted by Crippen LogP contribution is -2.14. The van der Waals surface area contributed by atoms with Gasteiger partial charge in [-0.2, -0.15) is 12.6 Å². The molecule has 0 rings (SSSR count). The highest BCUT2D eigenvalue weighted by atomic mass is 32.1. The standard InChI is InChI=1S/C14H31NS/c1-3-4-5-8-14(12-15)9-6-7-13(2)10-11-16/h13-14,16H,3-12,15H2,1-2H3. The predicted molar refractivity (Wildman–Crippen MR) is 78.2 cm³/mol. The van der Waals surface area contributed by atoms with Crippen molar-refractivity contribution < 1.29 is 0 Å². The van der Waals surface area contributed by atoms with Gasteiger partial charge in [0.1, 0.15) is 0 Å². The summed E-state index contributed by atoms with van der Waals surface area (Å²) in [6.07, 6.45) is 10.7. The van der Waals surface area contributed by atoms with E-state index in [1.54, 1.807) is 0 Å². The van der Waals surface area contributed by atoms with Crippen LogP contribution in [0.3, 0.4) is 0 Å². The van der Waals surface area contributed by atoms with E-state index < -0.39 is 0 Å². The zero-order valence-corrected chi connectivity index (χ0v) is 12.1. The molecule has 2 N–H and O–H groups in total. The first-order chi connectivity index (χ1) is 7.74.